The smallest absolute Gasteiger partial charge is 0.376 e. The van der Waals surface area contributed by atoms with Crippen molar-refractivity contribution in [3.63, 3.8) is 0 Å². The number of benzene rings is 2. The summed E-state index contributed by atoms with van der Waals surface area (Å²) in [5.74, 6) is -0.841. The van der Waals surface area contributed by atoms with E-state index in [0.29, 0.717) is 22.5 Å². The molecule has 0 saturated carbocycles. The lowest BCUT2D eigenvalue weighted by molar-refractivity contribution is -0.138. The van der Waals surface area contributed by atoms with Crippen LogP contribution in [0.1, 0.15) is 51.4 Å². The average molecular weight is 648 g/mol. The molecule has 13 heteroatoms. The van der Waals surface area contributed by atoms with E-state index in [4.69, 9.17) is 0 Å². The fourth-order valence-electron chi connectivity index (χ4n) is 4.61. The molecule has 1 aliphatic heterocycles. The molecular formula is C29H29BrF3N5O4. The molecule has 2 atom stereocenters. The number of aliphatic hydroxyl groups is 1. The first-order valence-corrected chi connectivity index (χ1v) is 13.7. The van der Waals surface area contributed by atoms with Gasteiger partial charge in [-0.2, -0.15) is 13.2 Å². The Balaban J connectivity index is 1.75. The van der Waals surface area contributed by atoms with E-state index in [1.54, 1.807) is 32.1 Å². The Bertz CT molecular complexity index is 1590. The second kappa shape index (κ2) is 12.1. The molecule has 0 spiro atoms. The summed E-state index contributed by atoms with van der Waals surface area (Å²) < 4.78 is 41.6. The van der Waals surface area contributed by atoms with Crippen molar-refractivity contribution in [2.75, 3.05) is 19.1 Å². The third-order valence-corrected chi connectivity index (χ3v) is 7.73. The number of rotatable bonds is 7. The van der Waals surface area contributed by atoms with Crippen LogP contribution in [0.3, 0.4) is 0 Å². The van der Waals surface area contributed by atoms with Gasteiger partial charge in [-0.15, -0.1) is 6.58 Å². The van der Waals surface area contributed by atoms with Gasteiger partial charge in [0.2, 0.25) is 5.95 Å². The Morgan fingerprint density at radius 3 is 2.48 bits per heavy atom. The van der Waals surface area contributed by atoms with Gasteiger partial charge in [0.1, 0.15) is 6.73 Å². The molecule has 0 saturated heterocycles. The van der Waals surface area contributed by atoms with E-state index in [2.05, 4.69) is 32.8 Å². The van der Waals surface area contributed by atoms with Gasteiger partial charge in [0.25, 0.3) is 17.4 Å². The van der Waals surface area contributed by atoms with Crippen LogP contribution in [0.25, 0.3) is 5.69 Å². The second-order valence-electron chi connectivity index (χ2n) is 10.0. The molecule has 0 radical (unpaired) electrons. The lowest BCUT2D eigenvalue weighted by Gasteiger charge is -2.35. The van der Waals surface area contributed by atoms with Gasteiger partial charge in [0.15, 0.2) is 0 Å². The number of carbonyl (C=O) groups excluding carboxylic acids is 2. The average Bonchev–Trinajstić information content (AvgIpc) is 2.96. The van der Waals surface area contributed by atoms with Crippen LogP contribution in [-0.4, -0.2) is 62.1 Å². The molecule has 9 nitrogen and oxygen atoms in total. The van der Waals surface area contributed by atoms with Crippen LogP contribution in [0.5, 0.6) is 0 Å². The highest BCUT2D eigenvalue weighted by molar-refractivity contribution is 9.10. The van der Waals surface area contributed by atoms with Crippen molar-refractivity contribution in [2.45, 2.75) is 45.1 Å². The number of halogens is 4. The summed E-state index contributed by atoms with van der Waals surface area (Å²) in [5.41, 5.74) is -0.0338. The van der Waals surface area contributed by atoms with E-state index in [-0.39, 0.29) is 40.6 Å². The fraction of sp³-hybridized carbons (Fsp3) is 0.310. The van der Waals surface area contributed by atoms with Gasteiger partial charge in [0, 0.05) is 40.3 Å². The normalized spacial score (nSPS) is 15.5. The summed E-state index contributed by atoms with van der Waals surface area (Å²) in [7, 11) is 1.45. The molecule has 0 aliphatic carbocycles. The number of hydrogen-bond acceptors (Lipinski definition) is 6. The van der Waals surface area contributed by atoms with Crippen LogP contribution in [0.15, 0.2) is 64.4 Å². The first-order chi connectivity index (χ1) is 19.8. The number of fused-ring (bicyclic) bond motifs is 1. The minimum Gasteiger partial charge on any atom is -0.376 e. The number of hydrogen-bond donors (Lipinski definition) is 2. The number of nitrogens with one attached hydrogen (secondary N) is 1. The van der Waals surface area contributed by atoms with Gasteiger partial charge in [-0.3, -0.25) is 14.4 Å². The van der Waals surface area contributed by atoms with Crippen LogP contribution in [-0.2, 0) is 19.1 Å². The first kappa shape index (κ1) is 31.0. The number of amides is 2. The van der Waals surface area contributed by atoms with Crippen LogP contribution in [0.2, 0.25) is 0 Å². The van der Waals surface area contributed by atoms with Gasteiger partial charge in [-0.1, -0.05) is 22.0 Å². The first-order valence-electron chi connectivity index (χ1n) is 12.9. The molecule has 1 aromatic heterocycles. The highest BCUT2D eigenvalue weighted by Gasteiger charge is 2.36. The summed E-state index contributed by atoms with van der Waals surface area (Å²) >= 11 is 2.90. The van der Waals surface area contributed by atoms with Crippen LogP contribution in [0.4, 0.5) is 19.1 Å². The largest absolute Gasteiger partial charge is 0.417 e. The third kappa shape index (κ3) is 6.12. The number of anilines is 1. The predicted octanol–water partition coefficient (Wildman–Crippen LogP) is 4.61. The molecule has 3 aromatic rings. The molecule has 0 bridgehead atoms. The van der Waals surface area contributed by atoms with Gasteiger partial charge in [0.05, 0.1) is 23.5 Å². The maximum Gasteiger partial charge on any atom is 0.417 e. The zero-order chi connectivity index (χ0) is 30.9. The van der Waals surface area contributed by atoms with Crippen LogP contribution < -0.4 is 10.9 Å². The van der Waals surface area contributed by atoms with Crippen molar-refractivity contribution in [1.82, 2.24) is 19.4 Å². The minimum atomic E-state index is -4.65. The Labute approximate surface area is 248 Å². The Hall–Kier alpha value is -3.97. The number of nitrogens with zero attached hydrogens (tertiary/aromatic N) is 4. The van der Waals surface area contributed by atoms with Crippen molar-refractivity contribution in [3.05, 3.63) is 97.9 Å². The van der Waals surface area contributed by atoms with E-state index in [9.17, 15) is 32.7 Å². The summed E-state index contributed by atoms with van der Waals surface area (Å²) in [6.07, 6.45) is -2.90. The zero-order valence-corrected chi connectivity index (χ0v) is 24.7. The van der Waals surface area contributed by atoms with Crippen LogP contribution in [0, 0.1) is 0 Å². The molecule has 4 rings (SSSR count). The summed E-state index contributed by atoms with van der Waals surface area (Å²) in [5, 5.41) is 12.4. The van der Waals surface area contributed by atoms with E-state index in [0.717, 1.165) is 11.0 Å². The zero-order valence-electron chi connectivity index (χ0n) is 23.1. The highest BCUT2D eigenvalue weighted by atomic mass is 79.9. The maximum atomic E-state index is 13.9. The van der Waals surface area contributed by atoms with Gasteiger partial charge < -0.3 is 20.2 Å². The number of aliphatic hydroxyl groups excluding tert-OH is 1. The standard InChI is InChI=1S/C29H29BrF3N5O4/c1-5-16(2)34-28-35-24-14-37(26(41)19-8-11-23(30)22(13-19)29(31,32)33)17(3)12-21(24)27(42)38(28)20-9-6-18(7-10-20)25(40)36(4)15-39/h5-11,13,16-17,39H,1,12,14-15H2,2-4H3,(H,34,35). The van der Waals surface area contributed by atoms with E-state index in [1.807, 2.05) is 0 Å². The van der Waals surface area contributed by atoms with Gasteiger partial charge >= 0.3 is 6.18 Å². The van der Waals surface area contributed by atoms with Crippen molar-refractivity contribution in [1.29, 1.82) is 0 Å². The monoisotopic (exact) mass is 647 g/mol. The lowest BCUT2D eigenvalue weighted by atomic mass is 9.98. The molecule has 2 heterocycles. The molecule has 0 fully saturated rings. The fourth-order valence-corrected chi connectivity index (χ4v) is 5.08. The molecule has 222 valence electrons. The summed E-state index contributed by atoms with van der Waals surface area (Å²) in [6, 6.07) is 8.76. The highest BCUT2D eigenvalue weighted by Crippen LogP contribution is 2.36. The van der Waals surface area contributed by atoms with E-state index < -0.39 is 36.3 Å². The lowest BCUT2D eigenvalue weighted by Crippen LogP contribution is -2.46. The summed E-state index contributed by atoms with van der Waals surface area (Å²) in [6.45, 7) is 6.75. The number of aromatic nitrogens is 2. The van der Waals surface area contributed by atoms with Gasteiger partial charge in [-0.25, -0.2) is 9.55 Å². The Morgan fingerprint density at radius 1 is 1.24 bits per heavy atom. The van der Waals surface area contributed by atoms with Crippen molar-refractivity contribution < 1.29 is 27.9 Å². The Kier molecular flexibility index (Phi) is 8.92. The van der Waals surface area contributed by atoms with Crippen molar-refractivity contribution >= 4 is 33.7 Å². The van der Waals surface area contributed by atoms with E-state index in [1.165, 1.54) is 40.8 Å². The van der Waals surface area contributed by atoms with Gasteiger partial charge in [-0.05, 0) is 62.7 Å². The number of alkyl halides is 3. The molecule has 2 unspecified atom stereocenters. The van der Waals surface area contributed by atoms with E-state index >= 15 is 0 Å². The van der Waals surface area contributed by atoms with Crippen molar-refractivity contribution in [2.24, 2.45) is 0 Å². The SMILES string of the molecule is C=CC(C)Nc1nc2c(c(=O)n1-c1ccc(C(=O)N(C)CO)cc1)CC(C)N(C(=O)c1ccc(Br)c(C(F)(F)F)c1)C2. The predicted molar refractivity (Wildman–Crippen MR) is 154 cm³/mol. The Morgan fingerprint density at radius 2 is 1.88 bits per heavy atom. The molecule has 42 heavy (non-hydrogen) atoms. The quantitative estimate of drug-likeness (QED) is 0.287. The topological polar surface area (TPSA) is 108 Å². The second-order valence-corrected chi connectivity index (χ2v) is 10.9. The molecule has 1 aliphatic rings. The molecular weight excluding hydrogens is 619 g/mol. The summed E-state index contributed by atoms with van der Waals surface area (Å²) in [4.78, 5) is 46.9. The third-order valence-electron chi connectivity index (χ3n) is 7.04. The molecule has 2 amide bonds. The minimum absolute atomic E-state index is 0.0824. The maximum absolute atomic E-state index is 13.9. The molecule has 2 N–H and O–H groups in total. The van der Waals surface area contributed by atoms with Crippen molar-refractivity contribution in [3.8, 4) is 5.69 Å². The van der Waals surface area contributed by atoms with Crippen LogP contribution >= 0.6 is 15.9 Å². The number of carbonyl (C=O) groups is 2. The molecule has 2 aromatic carbocycles.